The first-order valence-electron chi connectivity index (χ1n) is 11.0. The van der Waals surface area contributed by atoms with Crippen LogP contribution in [0.2, 0.25) is 0 Å². The van der Waals surface area contributed by atoms with Gasteiger partial charge in [-0.3, -0.25) is 4.79 Å². The highest BCUT2D eigenvalue weighted by Crippen LogP contribution is 2.21. The molecule has 1 aromatic heterocycles. The summed E-state index contributed by atoms with van der Waals surface area (Å²) in [5, 5.41) is 4.08. The molecule has 0 unspecified atom stereocenters. The lowest BCUT2D eigenvalue weighted by atomic mass is 10.2. The summed E-state index contributed by atoms with van der Waals surface area (Å²) < 4.78 is 12.6. The molecule has 3 aromatic rings. The molecule has 0 radical (unpaired) electrons. The van der Waals surface area contributed by atoms with Crippen LogP contribution in [0.3, 0.4) is 0 Å². The molecule has 0 aliphatic rings. The van der Waals surface area contributed by atoms with E-state index >= 15 is 0 Å². The number of benzene rings is 2. The number of hydrazone groups is 1. The summed E-state index contributed by atoms with van der Waals surface area (Å²) in [4.78, 5) is 26.0. The first kappa shape index (κ1) is 24.6. The highest BCUT2D eigenvalue weighted by Gasteiger charge is 2.12. The fourth-order valence-corrected chi connectivity index (χ4v) is 3.48. The van der Waals surface area contributed by atoms with Crippen molar-refractivity contribution >= 4 is 23.8 Å². The van der Waals surface area contributed by atoms with E-state index < -0.39 is 0 Å². The van der Waals surface area contributed by atoms with Crippen LogP contribution >= 0.6 is 0 Å². The van der Waals surface area contributed by atoms with Crippen LogP contribution in [0, 0.1) is 13.8 Å². The van der Waals surface area contributed by atoms with Gasteiger partial charge in [0.05, 0.1) is 18.4 Å². The van der Waals surface area contributed by atoms with Crippen LogP contribution in [-0.4, -0.2) is 50.0 Å². The number of carbonyl (C=O) groups is 2. The zero-order valence-electron chi connectivity index (χ0n) is 20.2. The number of ether oxygens (including phenoxy) is 2. The van der Waals surface area contributed by atoms with Gasteiger partial charge in [0.1, 0.15) is 5.75 Å². The predicted octanol–water partition coefficient (Wildman–Crippen LogP) is 3.87. The Bertz CT molecular complexity index is 1180. The first-order chi connectivity index (χ1) is 16.3. The Labute approximate surface area is 199 Å². The normalized spacial score (nSPS) is 10.9. The van der Waals surface area contributed by atoms with Crippen molar-refractivity contribution in [2.75, 3.05) is 32.2 Å². The highest BCUT2D eigenvalue weighted by atomic mass is 16.5. The topological polar surface area (TPSA) is 85.2 Å². The fraction of sp³-hybridized carbons (Fsp3) is 0.269. The van der Waals surface area contributed by atoms with Crippen LogP contribution in [0.5, 0.6) is 5.75 Å². The maximum atomic E-state index is 12.1. The number of esters is 1. The highest BCUT2D eigenvalue weighted by molar-refractivity contribution is 5.89. The van der Waals surface area contributed by atoms with E-state index in [2.05, 4.69) is 15.1 Å². The minimum Gasteiger partial charge on any atom is -0.484 e. The van der Waals surface area contributed by atoms with Crippen molar-refractivity contribution in [3.63, 3.8) is 0 Å². The van der Waals surface area contributed by atoms with Crippen LogP contribution in [0.15, 0.2) is 59.7 Å². The van der Waals surface area contributed by atoms with Crippen molar-refractivity contribution in [3.05, 3.63) is 77.1 Å². The third kappa shape index (κ3) is 6.04. The van der Waals surface area contributed by atoms with Gasteiger partial charge in [-0.25, -0.2) is 10.2 Å². The summed E-state index contributed by atoms with van der Waals surface area (Å²) in [6.07, 6.45) is 1.61. The van der Waals surface area contributed by atoms with E-state index in [1.165, 1.54) is 0 Å². The van der Waals surface area contributed by atoms with E-state index in [1.807, 2.05) is 69.2 Å². The van der Waals surface area contributed by atoms with Crippen LogP contribution in [0.1, 0.15) is 34.2 Å². The van der Waals surface area contributed by atoms with Crippen LogP contribution < -0.4 is 15.1 Å². The number of hydrogen-bond acceptors (Lipinski definition) is 6. The van der Waals surface area contributed by atoms with Gasteiger partial charge in [0.2, 0.25) is 0 Å². The number of nitrogens with one attached hydrogen (secondary N) is 1. The molecular weight excluding hydrogens is 432 g/mol. The average molecular weight is 463 g/mol. The number of amides is 1. The maximum absolute atomic E-state index is 12.1. The number of aromatic nitrogens is 1. The van der Waals surface area contributed by atoms with Gasteiger partial charge in [0, 0.05) is 48.5 Å². The van der Waals surface area contributed by atoms with Gasteiger partial charge in [-0.05, 0) is 63.2 Å². The molecule has 8 nitrogen and oxygen atoms in total. The van der Waals surface area contributed by atoms with Gasteiger partial charge in [0.15, 0.2) is 6.61 Å². The van der Waals surface area contributed by atoms with Gasteiger partial charge in [-0.1, -0.05) is 6.07 Å². The van der Waals surface area contributed by atoms with E-state index in [0.29, 0.717) is 17.9 Å². The first-order valence-corrected chi connectivity index (χ1v) is 11.0. The second-order valence-corrected chi connectivity index (χ2v) is 7.90. The summed E-state index contributed by atoms with van der Waals surface area (Å²) in [5.74, 6) is -0.0781. The van der Waals surface area contributed by atoms with Crippen molar-refractivity contribution < 1.29 is 19.1 Å². The number of aryl methyl sites for hydroxylation is 1. The number of hydrogen-bond donors (Lipinski definition) is 1. The Balaban J connectivity index is 1.61. The Morgan fingerprint density at radius 3 is 2.50 bits per heavy atom. The van der Waals surface area contributed by atoms with Gasteiger partial charge in [0.25, 0.3) is 5.91 Å². The molecule has 34 heavy (non-hydrogen) atoms. The minimum absolute atomic E-state index is 0.139. The smallest absolute Gasteiger partial charge is 0.338 e. The molecule has 1 amide bonds. The van der Waals surface area contributed by atoms with E-state index in [1.54, 1.807) is 31.3 Å². The number of anilines is 1. The van der Waals surface area contributed by atoms with E-state index in [0.717, 1.165) is 28.3 Å². The standard InChI is InChI=1S/C26H30N4O4/c1-6-33-26(32)20-10-12-22(13-11-20)30-18(2)14-21(19(30)3)16-27-28-25(31)17-34-24-9-7-8-23(15-24)29(4)5/h7-16H,6,17H2,1-5H3,(H,28,31)/b27-16+. The molecule has 0 atom stereocenters. The molecule has 2 aromatic carbocycles. The Morgan fingerprint density at radius 2 is 1.82 bits per heavy atom. The minimum atomic E-state index is -0.352. The second-order valence-electron chi connectivity index (χ2n) is 7.90. The zero-order valence-corrected chi connectivity index (χ0v) is 20.2. The zero-order chi connectivity index (χ0) is 24.7. The fourth-order valence-electron chi connectivity index (χ4n) is 3.48. The third-order valence-electron chi connectivity index (χ3n) is 5.20. The molecule has 0 saturated carbocycles. The van der Waals surface area contributed by atoms with Crippen LogP contribution in [-0.2, 0) is 9.53 Å². The summed E-state index contributed by atoms with van der Waals surface area (Å²) in [7, 11) is 3.88. The molecule has 3 rings (SSSR count). The van der Waals surface area contributed by atoms with E-state index in [9.17, 15) is 9.59 Å². The van der Waals surface area contributed by atoms with Crippen molar-refractivity contribution in [1.29, 1.82) is 0 Å². The molecule has 0 bridgehead atoms. The van der Waals surface area contributed by atoms with Crippen molar-refractivity contribution in [1.82, 2.24) is 9.99 Å². The number of nitrogens with zero attached hydrogens (tertiary/aromatic N) is 3. The van der Waals surface area contributed by atoms with Crippen LogP contribution in [0.25, 0.3) is 5.69 Å². The van der Waals surface area contributed by atoms with Crippen molar-refractivity contribution in [2.45, 2.75) is 20.8 Å². The molecule has 0 fully saturated rings. The third-order valence-corrected chi connectivity index (χ3v) is 5.20. The second kappa shape index (κ2) is 11.2. The summed E-state index contributed by atoms with van der Waals surface area (Å²) in [6.45, 7) is 5.93. The molecule has 8 heteroatoms. The summed E-state index contributed by atoms with van der Waals surface area (Å²) in [5.41, 5.74) is 7.73. The van der Waals surface area contributed by atoms with Crippen molar-refractivity contribution in [2.24, 2.45) is 5.10 Å². The lowest BCUT2D eigenvalue weighted by Crippen LogP contribution is -2.24. The molecule has 178 valence electrons. The van der Waals surface area contributed by atoms with E-state index in [4.69, 9.17) is 9.47 Å². The van der Waals surface area contributed by atoms with Gasteiger partial charge in [-0.2, -0.15) is 5.10 Å². The monoisotopic (exact) mass is 462 g/mol. The lowest BCUT2D eigenvalue weighted by molar-refractivity contribution is -0.123. The molecule has 0 saturated heterocycles. The lowest BCUT2D eigenvalue weighted by Gasteiger charge is -2.13. The number of rotatable bonds is 9. The SMILES string of the molecule is CCOC(=O)c1ccc(-n2c(C)cc(/C=N/NC(=O)COc3cccc(N(C)C)c3)c2C)cc1. The molecule has 0 aliphatic heterocycles. The van der Waals surface area contributed by atoms with Gasteiger partial charge >= 0.3 is 5.97 Å². The van der Waals surface area contributed by atoms with Crippen LogP contribution in [0.4, 0.5) is 5.69 Å². The quantitative estimate of drug-likeness (QED) is 0.296. The maximum Gasteiger partial charge on any atom is 0.338 e. The average Bonchev–Trinajstić information content (AvgIpc) is 3.11. The van der Waals surface area contributed by atoms with Gasteiger partial charge in [-0.15, -0.1) is 0 Å². The molecular formula is C26H30N4O4. The molecule has 0 spiro atoms. The summed E-state index contributed by atoms with van der Waals surface area (Å²) in [6, 6.07) is 16.7. The Hall–Kier alpha value is -4.07. The van der Waals surface area contributed by atoms with E-state index in [-0.39, 0.29) is 18.5 Å². The summed E-state index contributed by atoms with van der Waals surface area (Å²) >= 11 is 0. The Kier molecular flexibility index (Phi) is 8.08. The molecule has 0 aliphatic carbocycles. The Morgan fingerprint density at radius 1 is 1.09 bits per heavy atom. The largest absolute Gasteiger partial charge is 0.484 e. The van der Waals surface area contributed by atoms with Gasteiger partial charge < -0.3 is 18.9 Å². The number of carbonyl (C=O) groups excluding carboxylic acids is 2. The molecule has 1 N–H and O–H groups in total. The molecule has 1 heterocycles. The van der Waals surface area contributed by atoms with Crippen molar-refractivity contribution in [3.8, 4) is 11.4 Å². The predicted molar refractivity (Wildman–Crippen MR) is 133 cm³/mol.